The minimum atomic E-state index is -1.02. The van der Waals surface area contributed by atoms with Gasteiger partial charge in [0.2, 0.25) is 0 Å². The van der Waals surface area contributed by atoms with E-state index in [4.69, 9.17) is 28.7 Å². The van der Waals surface area contributed by atoms with Crippen molar-refractivity contribution in [1.82, 2.24) is 4.98 Å². The number of nitrogens with zero attached hydrogens (tertiary/aromatic N) is 1. The molecular formula is C50H41NO6S2. The van der Waals surface area contributed by atoms with Crippen LogP contribution in [-0.2, 0) is 26.4 Å². The largest absolute Gasteiger partial charge is 0.489 e. The molecule has 7 nitrogen and oxygen atoms in total. The molecule has 1 aliphatic heterocycles. The fraction of sp³-hybridized carbons (Fsp3) is 0.140. The first-order valence-electron chi connectivity index (χ1n) is 19.5. The van der Waals surface area contributed by atoms with E-state index in [1.807, 2.05) is 170 Å². The van der Waals surface area contributed by atoms with Crippen molar-refractivity contribution in [3.8, 4) is 28.7 Å². The van der Waals surface area contributed by atoms with E-state index in [0.717, 1.165) is 47.9 Å². The van der Waals surface area contributed by atoms with Crippen LogP contribution < -0.4 is 23.7 Å². The molecule has 2 heterocycles. The van der Waals surface area contributed by atoms with E-state index in [-0.39, 0.29) is 0 Å². The highest BCUT2D eigenvalue weighted by Crippen LogP contribution is 2.55. The number of para-hydroxylation sites is 1. The van der Waals surface area contributed by atoms with Crippen molar-refractivity contribution >= 4 is 33.3 Å². The molecule has 1 unspecified atom stereocenters. The summed E-state index contributed by atoms with van der Waals surface area (Å²) in [4.78, 5) is 4.97. The first-order chi connectivity index (χ1) is 29.1. The fourth-order valence-corrected chi connectivity index (χ4v) is 9.45. The van der Waals surface area contributed by atoms with Crippen LogP contribution in [0.1, 0.15) is 44.7 Å². The van der Waals surface area contributed by atoms with Gasteiger partial charge in [0, 0.05) is 12.1 Å². The molecule has 59 heavy (non-hydrogen) atoms. The van der Waals surface area contributed by atoms with Crippen LogP contribution in [0.5, 0.6) is 28.7 Å². The van der Waals surface area contributed by atoms with Crippen LogP contribution >= 0.6 is 23.1 Å². The summed E-state index contributed by atoms with van der Waals surface area (Å²) in [6, 6.07) is 57.8. The monoisotopic (exact) mass is 815 g/mol. The van der Waals surface area contributed by atoms with E-state index >= 15 is 0 Å². The van der Waals surface area contributed by atoms with E-state index in [1.165, 1.54) is 11.8 Å². The van der Waals surface area contributed by atoms with Crippen LogP contribution in [0.15, 0.2) is 180 Å². The Hall–Kier alpha value is -6.26. The van der Waals surface area contributed by atoms with Gasteiger partial charge < -0.3 is 28.8 Å². The minimum Gasteiger partial charge on any atom is -0.489 e. The molecule has 9 rings (SSSR count). The molecule has 0 fully saturated rings. The number of aliphatic hydroxyl groups is 1. The summed E-state index contributed by atoms with van der Waals surface area (Å²) < 4.78 is 34.7. The minimum absolute atomic E-state index is 0.319. The van der Waals surface area contributed by atoms with E-state index < -0.39 is 17.5 Å². The van der Waals surface area contributed by atoms with Gasteiger partial charge >= 0.3 is 0 Å². The van der Waals surface area contributed by atoms with Crippen molar-refractivity contribution in [3.63, 3.8) is 0 Å². The lowest BCUT2D eigenvalue weighted by molar-refractivity contribution is 0.0170. The van der Waals surface area contributed by atoms with Gasteiger partial charge in [0.05, 0.1) is 21.0 Å². The highest BCUT2D eigenvalue weighted by Gasteiger charge is 2.42. The summed E-state index contributed by atoms with van der Waals surface area (Å²) in [5.41, 5.74) is 6.49. The molecule has 1 aliphatic rings. The Balaban J connectivity index is 1.10. The van der Waals surface area contributed by atoms with Gasteiger partial charge in [-0.05, 0) is 52.1 Å². The van der Waals surface area contributed by atoms with Gasteiger partial charge in [-0.25, -0.2) is 4.98 Å². The maximum absolute atomic E-state index is 12.6. The van der Waals surface area contributed by atoms with Crippen molar-refractivity contribution in [3.05, 3.63) is 209 Å². The molecule has 9 heteroatoms. The lowest BCUT2D eigenvalue weighted by Crippen LogP contribution is -2.33. The number of hydrogen-bond acceptors (Lipinski definition) is 9. The molecule has 0 radical (unpaired) electrons. The standard InChI is InChI=1S/C50H41NO6S2/c52-47-48(38-25-26-41(54-31-35-17-7-2-8-18-35)42(27-38)55-32-36-19-9-3-10-20-36)57-44-29-39(53-30-34-15-5-1-6-16-34)28-43(56-33-37-21-11-4-12-22-37)46(44)49(47)59-50-51-40-23-13-14-24-45(40)58-50/h1-29,47-49,52H,30-33H2/t47-,48-,49?/m1/s1. The van der Waals surface area contributed by atoms with Crippen LogP contribution in [-0.4, -0.2) is 16.2 Å². The van der Waals surface area contributed by atoms with Crippen molar-refractivity contribution < 1.29 is 28.8 Å². The molecule has 0 amide bonds. The number of hydrogen-bond donors (Lipinski definition) is 1. The number of aromatic nitrogens is 1. The summed E-state index contributed by atoms with van der Waals surface area (Å²) in [5.74, 6) is 2.86. The van der Waals surface area contributed by atoms with Crippen LogP contribution in [0.3, 0.4) is 0 Å². The highest BCUT2D eigenvalue weighted by molar-refractivity contribution is 8.01. The molecule has 0 bridgehead atoms. The molecule has 1 N–H and O–H groups in total. The Morgan fingerprint density at radius 3 is 1.66 bits per heavy atom. The molecule has 3 atom stereocenters. The first-order valence-corrected chi connectivity index (χ1v) is 21.2. The first kappa shape index (κ1) is 38.3. The second-order valence-corrected chi connectivity index (χ2v) is 16.6. The molecule has 0 saturated heterocycles. The SMILES string of the molecule is O[C@H]1C(Sc2nc3ccccc3s2)c2c(OCc3ccccc3)cc(OCc3ccccc3)cc2O[C@@H]1c1ccc(OCc2ccccc2)c(OCc2ccccc2)c1. The zero-order chi connectivity index (χ0) is 39.8. The number of thioether (sulfide) groups is 1. The average molecular weight is 816 g/mol. The van der Waals surface area contributed by atoms with Gasteiger partial charge in [-0.15, -0.1) is 11.3 Å². The number of fused-ring (bicyclic) bond motifs is 2. The summed E-state index contributed by atoms with van der Waals surface area (Å²) >= 11 is 3.11. The fourth-order valence-electron chi connectivity index (χ4n) is 6.98. The Morgan fingerprint density at radius 1 is 0.542 bits per heavy atom. The molecule has 0 aliphatic carbocycles. The average Bonchev–Trinajstić information content (AvgIpc) is 3.71. The normalized spacial score (nSPS) is 15.8. The molecular weight excluding hydrogens is 775 g/mol. The van der Waals surface area contributed by atoms with E-state index in [9.17, 15) is 5.11 Å². The lowest BCUT2D eigenvalue weighted by Gasteiger charge is -2.37. The Morgan fingerprint density at radius 2 is 1.07 bits per heavy atom. The Kier molecular flexibility index (Phi) is 11.8. The predicted molar refractivity (Wildman–Crippen MR) is 234 cm³/mol. The second kappa shape index (κ2) is 18.1. The number of rotatable bonds is 15. The Bertz CT molecular complexity index is 2570. The van der Waals surface area contributed by atoms with Gasteiger partial charge in [-0.2, -0.15) is 0 Å². The quantitative estimate of drug-likeness (QED) is 0.110. The van der Waals surface area contributed by atoms with Crippen molar-refractivity contribution in [2.45, 2.75) is 48.2 Å². The van der Waals surface area contributed by atoms with Crippen molar-refractivity contribution in [2.24, 2.45) is 0 Å². The third-order valence-corrected chi connectivity index (χ3v) is 12.4. The summed E-state index contributed by atoms with van der Waals surface area (Å²) in [6.07, 6.45) is -1.81. The highest BCUT2D eigenvalue weighted by atomic mass is 32.2. The van der Waals surface area contributed by atoms with E-state index in [2.05, 4.69) is 6.07 Å². The third-order valence-electron chi connectivity index (χ3n) is 9.99. The van der Waals surface area contributed by atoms with Gasteiger partial charge in [0.15, 0.2) is 21.9 Å². The molecule has 0 saturated carbocycles. The van der Waals surface area contributed by atoms with E-state index in [0.29, 0.717) is 55.2 Å². The van der Waals surface area contributed by atoms with Crippen molar-refractivity contribution in [2.75, 3.05) is 0 Å². The summed E-state index contributed by atoms with van der Waals surface area (Å²) in [7, 11) is 0. The molecule has 8 aromatic rings. The van der Waals surface area contributed by atoms with Gasteiger partial charge in [0.25, 0.3) is 0 Å². The summed E-state index contributed by atoms with van der Waals surface area (Å²) in [6.45, 7) is 1.39. The molecule has 1 aromatic heterocycles. The predicted octanol–water partition coefficient (Wildman–Crippen LogP) is 11.9. The number of thiazole rings is 1. The Labute approximate surface area is 351 Å². The zero-order valence-electron chi connectivity index (χ0n) is 32.1. The maximum Gasteiger partial charge on any atom is 0.162 e. The number of benzene rings is 7. The third kappa shape index (κ3) is 9.23. The van der Waals surface area contributed by atoms with Crippen LogP contribution in [0.4, 0.5) is 0 Å². The van der Waals surface area contributed by atoms with Crippen LogP contribution in [0.2, 0.25) is 0 Å². The number of aliphatic hydroxyl groups excluding tert-OH is 1. The molecule has 294 valence electrons. The zero-order valence-corrected chi connectivity index (χ0v) is 33.7. The van der Waals surface area contributed by atoms with Gasteiger partial charge in [-0.3, -0.25) is 0 Å². The van der Waals surface area contributed by atoms with Gasteiger partial charge in [-0.1, -0.05) is 151 Å². The molecule has 7 aromatic carbocycles. The maximum atomic E-state index is 12.6. The number of ether oxygens (including phenoxy) is 5. The van der Waals surface area contributed by atoms with Crippen LogP contribution in [0, 0.1) is 0 Å². The van der Waals surface area contributed by atoms with E-state index in [1.54, 1.807) is 11.3 Å². The lowest BCUT2D eigenvalue weighted by atomic mass is 9.93. The second-order valence-electron chi connectivity index (χ2n) is 14.2. The topological polar surface area (TPSA) is 79.3 Å². The van der Waals surface area contributed by atoms with Crippen LogP contribution in [0.25, 0.3) is 10.2 Å². The van der Waals surface area contributed by atoms with Crippen molar-refractivity contribution in [1.29, 1.82) is 0 Å². The smallest absolute Gasteiger partial charge is 0.162 e. The van der Waals surface area contributed by atoms with Gasteiger partial charge in [0.1, 0.15) is 49.8 Å². The summed E-state index contributed by atoms with van der Waals surface area (Å²) in [5, 5.41) is 12.1. The molecule has 0 spiro atoms.